The van der Waals surface area contributed by atoms with Crippen molar-refractivity contribution >= 4 is 21.2 Å². The van der Waals surface area contributed by atoms with E-state index >= 15 is 0 Å². The number of likely N-dealkylation sites (N-methyl/N-ethyl adjacent to an activating group) is 1. The minimum Gasteiger partial charge on any atom is -0.302 e. The molecule has 1 aromatic rings. The van der Waals surface area contributed by atoms with Crippen LogP contribution in [0.4, 0.5) is 0 Å². The van der Waals surface area contributed by atoms with E-state index < -0.39 is 9.84 Å². The van der Waals surface area contributed by atoms with Crippen LogP contribution in [0.3, 0.4) is 0 Å². The maximum atomic E-state index is 11.1. The molecule has 0 N–H and O–H groups in total. The van der Waals surface area contributed by atoms with Gasteiger partial charge in [0.15, 0.2) is 0 Å². The molecule has 0 aliphatic heterocycles. The van der Waals surface area contributed by atoms with E-state index in [-0.39, 0.29) is 5.75 Å². The highest BCUT2D eigenvalue weighted by atomic mass is 32.2. The van der Waals surface area contributed by atoms with Crippen molar-refractivity contribution in [3.05, 3.63) is 22.4 Å². The van der Waals surface area contributed by atoms with E-state index in [0.29, 0.717) is 12.6 Å². The normalized spacial score (nSPS) is 14.2. The van der Waals surface area contributed by atoms with Crippen LogP contribution in [-0.2, 0) is 16.3 Å². The number of hydrogen-bond acceptors (Lipinski definition) is 4. The molecule has 0 amide bonds. The summed E-state index contributed by atoms with van der Waals surface area (Å²) in [4.78, 5) is 2.10. The number of nitrogens with zero attached hydrogens (tertiary/aromatic N) is 1. The van der Waals surface area contributed by atoms with Gasteiger partial charge < -0.3 is 4.90 Å². The Hall–Kier alpha value is -0.390. The summed E-state index contributed by atoms with van der Waals surface area (Å²) in [6.07, 6.45) is 2.26. The highest BCUT2D eigenvalue weighted by molar-refractivity contribution is 7.90. The SMILES string of the molecule is C[C@H](Cc1ccsc1)N(C)CCS(C)(=O)=O. The van der Waals surface area contributed by atoms with Crippen molar-refractivity contribution in [3.63, 3.8) is 0 Å². The molecule has 5 heteroatoms. The van der Waals surface area contributed by atoms with Gasteiger partial charge in [-0.25, -0.2) is 8.42 Å². The van der Waals surface area contributed by atoms with E-state index in [2.05, 4.69) is 28.7 Å². The van der Waals surface area contributed by atoms with Crippen LogP contribution in [-0.4, -0.2) is 45.0 Å². The minimum atomic E-state index is -2.85. The average molecular weight is 261 g/mol. The Labute approximate surface area is 102 Å². The maximum absolute atomic E-state index is 11.1. The first-order valence-electron chi connectivity index (χ1n) is 5.27. The van der Waals surface area contributed by atoms with Gasteiger partial charge >= 0.3 is 0 Å². The first-order valence-corrected chi connectivity index (χ1v) is 8.28. The molecule has 1 atom stereocenters. The van der Waals surface area contributed by atoms with Gasteiger partial charge in [0.2, 0.25) is 0 Å². The summed E-state index contributed by atoms with van der Waals surface area (Å²) in [5.74, 6) is 0.234. The van der Waals surface area contributed by atoms with Gasteiger partial charge in [-0.05, 0) is 42.8 Å². The summed E-state index contributed by atoms with van der Waals surface area (Å²) >= 11 is 1.70. The lowest BCUT2D eigenvalue weighted by molar-refractivity contribution is 0.271. The van der Waals surface area contributed by atoms with Crippen LogP contribution in [0.15, 0.2) is 16.8 Å². The summed E-state index contributed by atoms with van der Waals surface area (Å²) in [6.45, 7) is 2.73. The number of thiophene rings is 1. The number of sulfone groups is 1. The Balaban J connectivity index is 2.39. The molecular weight excluding hydrogens is 242 g/mol. The lowest BCUT2D eigenvalue weighted by atomic mass is 10.1. The van der Waals surface area contributed by atoms with Crippen LogP contribution in [0.25, 0.3) is 0 Å². The largest absolute Gasteiger partial charge is 0.302 e. The molecule has 0 radical (unpaired) electrons. The van der Waals surface area contributed by atoms with Crippen molar-refractivity contribution < 1.29 is 8.42 Å². The Morgan fingerprint density at radius 3 is 2.69 bits per heavy atom. The third-order valence-electron chi connectivity index (χ3n) is 2.68. The summed E-state index contributed by atoms with van der Waals surface area (Å²) < 4.78 is 22.1. The highest BCUT2D eigenvalue weighted by Gasteiger charge is 2.12. The topological polar surface area (TPSA) is 37.4 Å². The molecule has 0 saturated heterocycles. The van der Waals surface area contributed by atoms with Crippen molar-refractivity contribution in [3.8, 4) is 0 Å². The van der Waals surface area contributed by atoms with Gasteiger partial charge in [0.25, 0.3) is 0 Å². The Morgan fingerprint density at radius 2 is 2.19 bits per heavy atom. The smallest absolute Gasteiger partial charge is 0.148 e. The quantitative estimate of drug-likeness (QED) is 0.781. The fourth-order valence-electron chi connectivity index (χ4n) is 1.44. The minimum absolute atomic E-state index is 0.234. The van der Waals surface area contributed by atoms with E-state index in [4.69, 9.17) is 0 Å². The van der Waals surface area contributed by atoms with Gasteiger partial charge in [-0.3, -0.25) is 0 Å². The zero-order valence-electron chi connectivity index (χ0n) is 10.0. The van der Waals surface area contributed by atoms with Crippen molar-refractivity contribution in [1.29, 1.82) is 0 Å². The Bertz CT molecular complexity index is 398. The molecule has 0 fully saturated rings. The van der Waals surface area contributed by atoms with Crippen LogP contribution in [0.2, 0.25) is 0 Å². The van der Waals surface area contributed by atoms with Gasteiger partial charge in [-0.1, -0.05) is 0 Å². The van der Waals surface area contributed by atoms with Crippen molar-refractivity contribution in [2.24, 2.45) is 0 Å². The van der Waals surface area contributed by atoms with Crippen LogP contribution in [0, 0.1) is 0 Å². The second-order valence-corrected chi connectivity index (χ2v) is 7.34. The Kier molecular flexibility index (Phi) is 4.95. The van der Waals surface area contributed by atoms with Gasteiger partial charge in [0, 0.05) is 18.8 Å². The van der Waals surface area contributed by atoms with Crippen molar-refractivity contribution in [1.82, 2.24) is 4.90 Å². The van der Waals surface area contributed by atoms with Gasteiger partial charge in [-0.2, -0.15) is 11.3 Å². The number of hydrogen-bond donors (Lipinski definition) is 0. The first kappa shape index (κ1) is 13.7. The second kappa shape index (κ2) is 5.80. The van der Waals surface area contributed by atoms with Gasteiger partial charge in [0.1, 0.15) is 9.84 Å². The lowest BCUT2D eigenvalue weighted by Crippen LogP contribution is -2.34. The molecule has 92 valence electrons. The third kappa shape index (κ3) is 5.09. The summed E-state index contributed by atoms with van der Waals surface area (Å²) in [7, 11) is -0.880. The molecule has 0 bridgehead atoms. The van der Waals surface area contributed by atoms with Crippen molar-refractivity contribution in [2.45, 2.75) is 19.4 Å². The van der Waals surface area contributed by atoms with Crippen LogP contribution in [0.1, 0.15) is 12.5 Å². The predicted molar refractivity (Wildman–Crippen MR) is 69.8 cm³/mol. The number of rotatable bonds is 6. The molecule has 0 spiro atoms. The van der Waals surface area contributed by atoms with Gasteiger partial charge in [0.05, 0.1) is 5.75 Å². The second-order valence-electron chi connectivity index (χ2n) is 4.30. The molecule has 0 saturated carbocycles. The highest BCUT2D eigenvalue weighted by Crippen LogP contribution is 2.11. The molecule has 1 aromatic heterocycles. The molecular formula is C11H19NO2S2. The maximum Gasteiger partial charge on any atom is 0.148 e. The van der Waals surface area contributed by atoms with Crippen LogP contribution < -0.4 is 0 Å². The van der Waals surface area contributed by atoms with Crippen molar-refractivity contribution in [2.75, 3.05) is 25.6 Å². The first-order chi connectivity index (χ1) is 7.38. The van der Waals surface area contributed by atoms with E-state index in [0.717, 1.165) is 6.42 Å². The molecule has 0 aliphatic rings. The summed E-state index contributed by atoms with van der Waals surface area (Å²) in [5, 5.41) is 4.21. The fraction of sp³-hybridized carbons (Fsp3) is 0.636. The predicted octanol–water partition coefficient (Wildman–Crippen LogP) is 1.66. The molecule has 3 nitrogen and oxygen atoms in total. The van der Waals surface area contributed by atoms with E-state index in [9.17, 15) is 8.42 Å². The lowest BCUT2D eigenvalue weighted by Gasteiger charge is -2.23. The molecule has 16 heavy (non-hydrogen) atoms. The van der Waals surface area contributed by atoms with E-state index in [1.54, 1.807) is 11.3 Å². The zero-order valence-corrected chi connectivity index (χ0v) is 11.6. The van der Waals surface area contributed by atoms with E-state index in [1.165, 1.54) is 11.8 Å². The molecule has 0 aromatic carbocycles. The van der Waals surface area contributed by atoms with Gasteiger partial charge in [-0.15, -0.1) is 0 Å². The third-order valence-corrected chi connectivity index (χ3v) is 4.33. The molecule has 1 heterocycles. The van der Waals surface area contributed by atoms with Crippen LogP contribution in [0.5, 0.6) is 0 Å². The molecule has 0 unspecified atom stereocenters. The summed E-state index contributed by atoms with van der Waals surface area (Å²) in [5.41, 5.74) is 1.32. The zero-order chi connectivity index (χ0) is 12.2. The molecule has 1 rings (SSSR count). The monoisotopic (exact) mass is 261 g/mol. The fourth-order valence-corrected chi connectivity index (χ4v) is 2.74. The van der Waals surface area contributed by atoms with Crippen LogP contribution >= 0.6 is 11.3 Å². The average Bonchev–Trinajstić information content (AvgIpc) is 2.65. The summed E-state index contributed by atoms with van der Waals surface area (Å²) in [6, 6.07) is 2.49. The van der Waals surface area contributed by atoms with E-state index in [1.807, 2.05) is 7.05 Å². The molecule has 0 aliphatic carbocycles. The standard InChI is InChI=1S/C11H19NO2S2/c1-10(8-11-4-6-15-9-11)12(2)5-7-16(3,13)14/h4,6,9-10H,5,7-8H2,1-3H3/t10-/m1/s1. The Morgan fingerprint density at radius 1 is 1.50 bits per heavy atom.